The number of aliphatic hydroxyl groups excluding tert-OH is 1. The molecule has 0 fully saturated rings. The molecule has 18 heavy (non-hydrogen) atoms. The van der Waals surface area contributed by atoms with E-state index in [1.165, 1.54) is 11.1 Å². The zero-order chi connectivity index (χ0) is 13.0. The predicted octanol–water partition coefficient (Wildman–Crippen LogP) is 2.52. The Morgan fingerprint density at radius 1 is 1.44 bits per heavy atom. The van der Waals surface area contributed by atoms with Gasteiger partial charge in [0.25, 0.3) is 0 Å². The molecule has 0 bridgehead atoms. The van der Waals surface area contributed by atoms with Crippen LogP contribution in [0.5, 0.6) is 5.75 Å². The number of rotatable bonds is 5. The molecule has 3 N–H and O–H groups in total. The van der Waals surface area contributed by atoms with Gasteiger partial charge in [-0.1, -0.05) is 13.0 Å². The van der Waals surface area contributed by atoms with Gasteiger partial charge < -0.3 is 15.5 Å². The Morgan fingerprint density at radius 3 is 3.06 bits per heavy atom. The first kappa shape index (κ1) is 13.4. The van der Waals surface area contributed by atoms with Crippen molar-refractivity contribution in [3.63, 3.8) is 0 Å². The van der Waals surface area contributed by atoms with Crippen LogP contribution in [-0.4, -0.2) is 22.9 Å². The molecule has 0 aromatic heterocycles. The second kappa shape index (κ2) is 6.21. The molecule has 0 saturated carbocycles. The normalized spacial score (nSPS) is 20.4. The van der Waals surface area contributed by atoms with E-state index >= 15 is 0 Å². The molecule has 0 aliphatic heterocycles. The monoisotopic (exact) mass is 249 g/mol. The van der Waals surface area contributed by atoms with Crippen LogP contribution in [0.15, 0.2) is 18.2 Å². The van der Waals surface area contributed by atoms with Gasteiger partial charge in [0.15, 0.2) is 0 Å². The van der Waals surface area contributed by atoms with Crippen molar-refractivity contribution in [2.45, 2.75) is 51.2 Å². The van der Waals surface area contributed by atoms with Crippen molar-refractivity contribution in [1.82, 2.24) is 5.32 Å². The fraction of sp³-hybridized carbons (Fsp3) is 0.600. The quantitative estimate of drug-likeness (QED) is 0.751. The van der Waals surface area contributed by atoms with Gasteiger partial charge in [0.2, 0.25) is 0 Å². The Kier molecular flexibility index (Phi) is 4.61. The molecule has 1 aromatic rings. The molecule has 2 unspecified atom stereocenters. The van der Waals surface area contributed by atoms with E-state index in [-0.39, 0.29) is 6.10 Å². The van der Waals surface area contributed by atoms with Gasteiger partial charge >= 0.3 is 0 Å². The first-order valence-electron chi connectivity index (χ1n) is 6.94. The highest BCUT2D eigenvalue weighted by molar-refractivity contribution is 5.38. The summed E-state index contributed by atoms with van der Waals surface area (Å²) in [6, 6.07) is 6.04. The van der Waals surface area contributed by atoms with Gasteiger partial charge in [-0.25, -0.2) is 0 Å². The van der Waals surface area contributed by atoms with Gasteiger partial charge in [-0.15, -0.1) is 0 Å². The summed E-state index contributed by atoms with van der Waals surface area (Å²) in [4.78, 5) is 0. The molecule has 0 amide bonds. The fourth-order valence-corrected chi connectivity index (χ4v) is 2.64. The molecule has 0 saturated heterocycles. The molecule has 1 aromatic carbocycles. The zero-order valence-electron chi connectivity index (χ0n) is 11.0. The maximum atomic E-state index is 9.55. The van der Waals surface area contributed by atoms with Crippen molar-refractivity contribution in [3.8, 4) is 5.75 Å². The van der Waals surface area contributed by atoms with Crippen molar-refractivity contribution in [1.29, 1.82) is 0 Å². The lowest BCUT2D eigenvalue weighted by atomic mass is 9.87. The van der Waals surface area contributed by atoms with Crippen LogP contribution in [-0.2, 0) is 6.42 Å². The summed E-state index contributed by atoms with van der Waals surface area (Å²) < 4.78 is 0. The molecule has 2 atom stereocenters. The number of aliphatic hydroxyl groups is 1. The maximum absolute atomic E-state index is 9.55. The highest BCUT2D eigenvalue weighted by atomic mass is 16.3. The number of phenolic OH excluding ortho intramolecular Hbond substituents is 1. The second-order valence-electron chi connectivity index (χ2n) is 5.13. The van der Waals surface area contributed by atoms with Crippen LogP contribution in [0.1, 0.15) is 49.8 Å². The average molecular weight is 249 g/mol. The molecule has 1 aliphatic rings. The molecule has 100 valence electrons. The minimum atomic E-state index is -0.194. The van der Waals surface area contributed by atoms with Crippen LogP contribution in [0.25, 0.3) is 0 Å². The van der Waals surface area contributed by atoms with Crippen LogP contribution in [0, 0.1) is 0 Å². The lowest BCUT2D eigenvalue weighted by Crippen LogP contribution is -2.28. The smallest absolute Gasteiger partial charge is 0.115 e. The first-order valence-corrected chi connectivity index (χ1v) is 6.94. The van der Waals surface area contributed by atoms with E-state index in [0.717, 1.165) is 38.6 Å². The van der Waals surface area contributed by atoms with E-state index in [4.69, 9.17) is 0 Å². The first-order chi connectivity index (χ1) is 8.70. The highest BCUT2D eigenvalue weighted by Crippen LogP contribution is 2.31. The minimum absolute atomic E-state index is 0.194. The van der Waals surface area contributed by atoms with Gasteiger partial charge in [-0.2, -0.15) is 0 Å². The van der Waals surface area contributed by atoms with E-state index in [2.05, 4.69) is 5.32 Å². The number of hydrogen-bond donors (Lipinski definition) is 3. The highest BCUT2D eigenvalue weighted by Gasteiger charge is 2.19. The van der Waals surface area contributed by atoms with E-state index in [0.29, 0.717) is 11.8 Å². The molecule has 0 radical (unpaired) electrons. The predicted molar refractivity (Wildman–Crippen MR) is 72.7 cm³/mol. The Morgan fingerprint density at radius 2 is 2.28 bits per heavy atom. The van der Waals surface area contributed by atoms with Crippen LogP contribution in [0.4, 0.5) is 0 Å². The Bertz CT molecular complexity index is 392. The minimum Gasteiger partial charge on any atom is -0.508 e. The summed E-state index contributed by atoms with van der Waals surface area (Å²) in [6.07, 6.45) is 4.78. The third kappa shape index (κ3) is 3.24. The summed E-state index contributed by atoms with van der Waals surface area (Å²) in [5.41, 5.74) is 2.57. The molecular formula is C15H23NO2. The summed E-state index contributed by atoms with van der Waals surface area (Å²) in [5, 5.41) is 22.6. The van der Waals surface area contributed by atoms with Crippen LogP contribution >= 0.6 is 0 Å². The molecule has 0 spiro atoms. The van der Waals surface area contributed by atoms with E-state index in [1.807, 2.05) is 19.1 Å². The summed E-state index contributed by atoms with van der Waals surface area (Å²) in [5.74, 6) is 0.357. The van der Waals surface area contributed by atoms with Crippen LogP contribution in [0.2, 0.25) is 0 Å². The SMILES string of the molecule is CCC(O)CCNC1CCCc2cc(O)ccc21. The van der Waals surface area contributed by atoms with Crippen LogP contribution in [0.3, 0.4) is 0 Å². The van der Waals surface area contributed by atoms with Crippen molar-refractivity contribution in [2.24, 2.45) is 0 Å². The second-order valence-corrected chi connectivity index (χ2v) is 5.13. The zero-order valence-corrected chi connectivity index (χ0v) is 11.0. The van der Waals surface area contributed by atoms with E-state index < -0.39 is 0 Å². The average Bonchev–Trinajstić information content (AvgIpc) is 2.38. The lowest BCUT2D eigenvalue weighted by Gasteiger charge is -2.27. The van der Waals surface area contributed by atoms with Crippen molar-refractivity contribution >= 4 is 0 Å². The van der Waals surface area contributed by atoms with Crippen LogP contribution < -0.4 is 5.32 Å². The summed E-state index contributed by atoms with van der Waals surface area (Å²) in [7, 11) is 0. The van der Waals surface area contributed by atoms with E-state index in [1.54, 1.807) is 6.07 Å². The van der Waals surface area contributed by atoms with Crippen molar-refractivity contribution in [2.75, 3.05) is 6.54 Å². The number of phenols is 1. The third-order valence-electron chi connectivity index (χ3n) is 3.78. The topological polar surface area (TPSA) is 52.5 Å². The molecule has 0 heterocycles. The van der Waals surface area contributed by atoms with Gasteiger partial charge in [0, 0.05) is 6.04 Å². The lowest BCUT2D eigenvalue weighted by molar-refractivity contribution is 0.158. The number of aromatic hydroxyl groups is 1. The molecule has 3 heteroatoms. The fourth-order valence-electron chi connectivity index (χ4n) is 2.64. The molecular weight excluding hydrogens is 226 g/mol. The van der Waals surface area contributed by atoms with Crippen molar-refractivity contribution < 1.29 is 10.2 Å². The van der Waals surface area contributed by atoms with Gasteiger partial charge in [-0.3, -0.25) is 0 Å². The van der Waals surface area contributed by atoms with E-state index in [9.17, 15) is 10.2 Å². The third-order valence-corrected chi connectivity index (χ3v) is 3.78. The largest absolute Gasteiger partial charge is 0.508 e. The number of hydrogen-bond acceptors (Lipinski definition) is 3. The van der Waals surface area contributed by atoms with Gasteiger partial charge in [0.05, 0.1) is 6.10 Å². The standard InChI is InChI=1S/C15H23NO2/c1-2-12(17)8-9-16-15-5-3-4-11-10-13(18)6-7-14(11)15/h6-7,10,12,15-18H,2-5,8-9H2,1H3. The van der Waals surface area contributed by atoms with Crippen molar-refractivity contribution in [3.05, 3.63) is 29.3 Å². The summed E-state index contributed by atoms with van der Waals surface area (Å²) in [6.45, 7) is 2.85. The van der Waals surface area contributed by atoms with Gasteiger partial charge in [-0.05, 0) is 61.9 Å². The molecule has 2 rings (SSSR count). The number of nitrogens with one attached hydrogen (secondary N) is 1. The maximum Gasteiger partial charge on any atom is 0.115 e. The Hall–Kier alpha value is -1.06. The Balaban J connectivity index is 1.95. The number of fused-ring (bicyclic) bond motifs is 1. The summed E-state index contributed by atoms with van der Waals surface area (Å²) >= 11 is 0. The molecule has 3 nitrogen and oxygen atoms in total. The number of aryl methyl sites for hydroxylation is 1. The number of benzene rings is 1. The Labute approximate surface area is 109 Å². The molecule has 1 aliphatic carbocycles. The van der Waals surface area contributed by atoms with Gasteiger partial charge in [0.1, 0.15) is 5.75 Å².